The molecule has 2 rings (SSSR count). The van der Waals surface area contributed by atoms with E-state index in [0.29, 0.717) is 26.3 Å². The van der Waals surface area contributed by atoms with E-state index in [1.165, 1.54) is 0 Å². The highest BCUT2D eigenvalue weighted by molar-refractivity contribution is 5.76. The fourth-order valence-electron chi connectivity index (χ4n) is 2.56. The molecule has 0 radical (unpaired) electrons. The molecule has 0 amide bonds. The first-order valence-electron chi connectivity index (χ1n) is 7.58. The van der Waals surface area contributed by atoms with Crippen LogP contribution in [0.4, 0.5) is 0 Å². The van der Waals surface area contributed by atoms with Crippen LogP contribution in [0.25, 0.3) is 0 Å². The number of benzene rings is 1. The van der Waals surface area contributed by atoms with Gasteiger partial charge in [0.25, 0.3) is 0 Å². The Hall–Kier alpha value is -1.59. The molecule has 21 heavy (non-hydrogen) atoms. The topological polar surface area (TPSA) is 50.8 Å². The van der Waals surface area contributed by atoms with Crippen LogP contribution in [0.2, 0.25) is 0 Å². The van der Waals surface area contributed by atoms with Crippen molar-refractivity contribution in [2.45, 2.75) is 26.4 Å². The SMILES string of the molecule is CCOC(=O)C1CNCCN1Cc1ccccc1OCC. The van der Waals surface area contributed by atoms with E-state index in [-0.39, 0.29) is 12.0 Å². The van der Waals surface area contributed by atoms with Crippen LogP contribution in [0, 0.1) is 0 Å². The minimum absolute atomic E-state index is 0.154. The van der Waals surface area contributed by atoms with E-state index in [1.807, 2.05) is 32.0 Å². The van der Waals surface area contributed by atoms with E-state index in [1.54, 1.807) is 0 Å². The van der Waals surface area contributed by atoms with Crippen LogP contribution in [0.15, 0.2) is 24.3 Å². The van der Waals surface area contributed by atoms with Gasteiger partial charge in [-0.3, -0.25) is 9.69 Å². The van der Waals surface area contributed by atoms with Crippen LogP contribution in [-0.2, 0) is 16.1 Å². The molecule has 1 fully saturated rings. The van der Waals surface area contributed by atoms with Crippen LogP contribution in [0.3, 0.4) is 0 Å². The summed E-state index contributed by atoms with van der Waals surface area (Å²) in [6.45, 7) is 7.90. The Bertz CT molecular complexity index is 465. The summed E-state index contributed by atoms with van der Waals surface area (Å²) >= 11 is 0. The third-order valence-electron chi connectivity index (χ3n) is 3.56. The Morgan fingerprint density at radius 1 is 1.33 bits per heavy atom. The molecule has 0 bridgehead atoms. The number of esters is 1. The molecule has 1 N–H and O–H groups in total. The van der Waals surface area contributed by atoms with E-state index in [9.17, 15) is 4.79 Å². The zero-order valence-electron chi connectivity index (χ0n) is 12.8. The molecule has 1 aromatic carbocycles. The van der Waals surface area contributed by atoms with Crippen molar-refractivity contribution >= 4 is 5.97 Å². The quantitative estimate of drug-likeness (QED) is 0.804. The summed E-state index contributed by atoms with van der Waals surface area (Å²) in [4.78, 5) is 14.2. The Morgan fingerprint density at radius 2 is 2.14 bits per heavy atom. The average Bonchev–Trinajstić information content (AvgIpc) is 2.50. The third-order valence-corrected chi connectivity index (χ3v) is 3.56. The summed E-state index contributed by atoms with van der Waals surface area (Å²) in [5, 5.41) is 3.26. The second-order valence-corrected chi connectivity index (χ2v) is 4.98. The van der Waals surface area contributed by atoms with Gasteiger partial charge >= 0.3 is 5.97 Å². The Labute approximate surface area is 126 Å². The minimum Gasteiger partial charge on any atom is -0.494 e. The molecule has 5 nitrogen and oxygen atoms in total. The van der Waals surface area contributed by atoms with Gasteiger partial charge in [-0.2, -0.15) is 0 Å². The Morgan fingerprint density at radius 3 is 2.90 bits per heavy atom. The van der Waals surface area contributed by atoms with Gasteiger partial charge in [0.2, 0.25) is 0 Å². The molecule has 1 aliphatic heterocycles. The first-order chi connectivity index (χ1) is 10.3. The highest BCUT2D eigenvalue weighted by atomic mass is 16.5. The lowest BCUT2D eigenvalue weighted by Crippen LogP contribution is -2.54. The van der Waals surface area contributed by atoms with Crippen molar-refractivity contribution in [2.24, 2.45) is 0 Å². The van der Waals surface area contributed by atoms with Crippen LogP contribution in [-0.4, -0.2) is 49.8 Å². The second-order valence-electron chi connectivity index (χ2n) is 4.98. The molecule has 0 spiro atoms. The van der Waals surface area contributed by atoms with Gasteiger partial charge in [0.1, 0.15) is 11.8 Å². The molecule has 0 saturated carbocycles. The summed E-state index contributed by atoms with van der Waals surface area (Å²) in [7, 11) is 0. The van der Waals surface area contributed by atoms with Gasteiger partial charge in [0.15, 0.2) is 0 Å². The minimum atomic E-state index is -0.228. The third kappa shape index (κ3) is 4.19. The molecule has 1 atom stereocenters. The van der Waals surface area contributed by atoms with Crippen molar-refractivity contribution in [2.75, 3.05) is 32.8 Å². The summed E-state index contributed by atoms with van der Waals surface area (Å²) < 4.78 is 10.8. The molecule has 0 aliphatic carbocycles. The number of para-hydroxylation sites is 1. The van der Waals surface area contributed by atoms with Gasteiger partial charge in [0.05, 0.1) is 13.2 Å². The number of rotatable bonds is 6. The molecule has 5 heteroatoms. The molecular weight excluding hydrogens is 268 g/mol. The van der Waals surface area contributed by atoms with Crippen LogP contribution in [0.5, 0.6) is 5.75 Å². The monoisotopic (exact) mass is 292 g/mol. The van der Waals surface area contributed by atoms with Gasteiger partial charge in [-0.05, 0) is 19.9 Å². The van der Waals surface area contributed by atoms with E-state index >= 15 is 0 Å². The van der Waals surface area contributed by atoms with Crippen molar-refractivity contribution in [3.63, 3.8) is 0 Å². The van der Waals surface area contributed by atoms with Crippen LogP contribution < -0.4 is 10.1 Å². The van der Waals surface area contributed by atoms with Gasteiger partial charge in [0, 0.05) is 31.7 Å². The predicted octanol–water partition coefficient (Wildman–Crippen LogP) is 1.42. The molecule has 0 aromatic heterocycles. The molecule has 1 heterocycles. The smallest absolute Gasteiger partial charge is 0.324 e. The second kappa shape index (κ2) is 8.00. The number of hydrogen-bond donors (Lipinski definition) is 1. The van der Waals surface area contributed by atoms with Crippen molar-refractivity contribution in [1.82, 2.24) is 10.2 Å². The molecule has 1 aliphatic rings. The summed E-state index contributed by atoms with van der Waals surface area (Å²) in [6, 6.07) is 7.76. The first-order valence-corrected chi connectivity index (χ1v) is 7.58. The van der Waals surface area contributed by atoms with Crippen molar-refractivity contribution in [3.05, 3.63) is 29.8 Å². The zero-order chi connectivity index (χ0) is 15.1. The molecule has 1 aromatic rings. The number of carbonyl (C=O) groups is 1. The lowest BCUT2D eigenvalue weighted by atomic mass is 10.1. The number of ether oxygens (including phenoxy) is 2. The van der Waals surface area contributed by atoms with Crippen molar-refractivity contribution < 1.29 is 14.3 Å². The Balaban J connectivity index is 2.10. The van der Waals surface area contributed by atoms with E-state index in [0.717, 1.165) is 24.4 Å². The number of piperazine rings is 1. The number of nitrogens with zero attached hydrogens (tertiary/aromatic N) is 1. The van der Waals surface area contributed by atoms with Crippen molar-refractivity contribution in [3.8, 4) is 5.75 Å². The summed E-state index contributed by atoms with van der Waals surface area (Å²) in [6.07, 6.45) is 0. The maximum absolute atomic E-state index is 12.1. The average molecular weight is 292 g/mol. The van der Waals surface area contributed by atoms with E-state index in [4.69, 9.17) is 9.47 Å². The molecule has 116 valence electrons. The van der Waals surface area contributed by atoms with Crippen LogP contribution in [0.1, 0.15) is 19.4 Å². The largest absolute Gasteiger partial charge is 0.494 e. The standard InChI is InChI=1S/C16H24N2O3/c1-3-20-15-8-6-5-7-13(15)12-18-10-9-17-11-14(18)16(19)21-4-2/h5-8,14,17H,3-4,9-12H2,1-2H3. The van der Waals surface area contributed by atoms with Gasteiger partial charge in [-0.25, -0.2) is 0 Å². The normalized spacial score (nSPS) is 19.2. The number of hydrogen-bond acceptors (Lipinski definition) is 5. The first kappa shape index (κ1) is 15.8. The highest BCUT2D eigenvalue weighted by Gasteiger charge is 2.30. The fourth-order valence-corrected chi connectivity index (χ4v) is 2.56. The maximum atomic E-state index is 12.1. The lowest BCUT2D eigenvalue weighted by Gasteiger charge is -2.34. The number of nitrogens with one attached hydrogen (secondary N) is 1. The van der Waals surface area contributed by atoms with Crippen LogP contribution >= 0.6 is 0 Å². The van der Waals surface area contributed by atoms with Gasteiger partial charge in [-0.1, -0.05) is 18.2 Å². The maximum Gasteiger partial charge on any atom is 0.324 e. The zero-order valence-corrected chi connectivity index (χ0v) is 12.8. The summed E-state index contributed by atoms with van der Waals surface area (Å²) in [5.41, 5.74) is 1.11. The van der Waals surface area contributed by atoms with Crippen molar-refractivity contribution in [1.29, 1.82) is 0 Å². The van der Waals surface area contributed by atoms with Gasteiger partial charge < -0.3 is 14.8 Å². The molecular formula is C16H24N2O3. The van der Waals surface area contributed by atoms with E-state index in [2.05, 4.69) is 16.3 Å². The molecule has 1 unspecified atom stereocenters. The highest BCUT2D eigenvalue weighted by Crippen LogP contribution is 2.21. The lowest BCUT2D eigenvalue weighted by molar-refractivity contribution is -0.150. The summed E-state index contributed by atoms with van der Waals surface area (Å²) in [5.74, 6) is 0.736. The Kier molecular flexibility index (Phi) is 6.02. The fraction of sp³-hybridized carbons (Fsp3) is 0.562. The van der Waals surface area contributed by atoms with Gasteiger partial charge in [-0.15, -0.1) is 0 Å². The predicted molar refractivity (Wildman–Crippen MR) is 81.3 cm³/mol. The number of carbonyl (C=O) groups excluding carboxylic acids is 1. The van der Waals surface area contributed by atoms with E-state index < -0.39 is 0 Å². The molecule has 1 saturated heterocycles.